The molecule has 1 heterocycles. The fraction of sp³-hybridized carbons (Fsp3) is 0.417. The van der Waals surface area contributed by atoms with Gasteiger partial charge in [-0.15, -0.1) is 0 Å². The summed E-state index contributed by atoms with van der Waals surface area (Å²) >= 11 is 0. The summed E-state index contributed by atoms with van der Waals surface area (Å²) in [5.41, 5.74) is 4.34. The second-order valence-corrected chi connectivity index (χ2v) is 7.90. The minimum absolute atomic E-state index is 0.0221. The lowest BCUT2D eigenvalue weighted by Gasteiger charge is -2.33. The summed E-state index contributed by atoms with van der Waals surface area (Å²) in [4.78, 5) is 27.5. The van der Waals surface area contributed by atoms with Crippen molar-refractivity contribution in [3.8, 4) is 0 Å². The number of hydrogen-bond acceptors (Lipinski definition) is 3. The highest BCUT2D eigenvalue weighted by molar-refractivity contribution is 5.94. The average Bonchev–Trinajstić information content (AvgIpc) is 2.74. The van der Waals surface area contributed by atoms with Crippen LogP contribution in [0.3, 0.4) is 0 Å². The number of benzene rings is 2. The van der Waals surface area contributed by atoms with Crippen molar-refractivity contribution in [2.45, 2.75) is 33.2 Å². The van der Waals surface area contributed by atoms with Crippen molar-refractivity contribution >= 4 is 17.4 Å². The predicted octanol–water partition coefficient (Wildman–Crippen LogP) is 2.03. The van der Waals surface area contributed by atoms with Gasteiger partial charge in [-0.2, -0.15) is 0 Å². The molecule has 1 amide bonds. The summed E-state index contributed by atoms with van der Waals surface area (Å²) in [6, 6.07) is 16.3. The molecule has 154 valence electrons. The summed E-state index contributed by atoms with van der Waals surface area (Å²) in [5, 5.41) is 3.14. The van der Waals surface area contributed by atoms with E-state index in [-0.39, 0.29) is 17.7 Å². The Balaban J connectivity index is 1.45. The molecule has 1 fully saturated rings. The first-order chi connectivity index (χ1) is 14.0. The number of anilines is 1. The predicted molar refractivity (Wildman–Crippen MR) is 117 cm³/mol. The Morgan fingerprint density at radius 2 is 1.66 bits per heavy atom. The second-order valence-electron chi connectivity index (χ2n) is 7.90. The first kappa shape index (κ1) is 21.1. The number of hydrogen-bond donors (Lipinski definition) is 2. The maximum Gasteiger partial charge on any atom is 0.275 e. The van der Waals surface area contributed by atoms with Crippen molar-refractivity contribution in [2.75, 3.05) is 37.6 Å². The number of nitrogens with zero attached hydrogens (tertiary/aromatic N) is 1. The normalized spacial score (nSPS) is 15.8. The van der Waals surface area contributed by atoms with Gasteiger partial charge in [0.2, 0.25) is 0 Å². The molecule has 2 aromatic rings. The van der Waals surface area contributed by atoms with Crippen LogP contribution in [-0.4, -0.2) is 44.4 Å². The van der Waals surface area contributed by atoms with Crippen LogP contribution < -0.4 is 15.1 Å². The molecule has 0 spiro atoms. The number of aryl methyl sites for hydroxylation is 1. The fourth-order valence-electron chi connectivity index (χ4n) is 3.81. The van der Waals surface area contributed by atoms with Gasteiger partial charge in [0.25, 0.3) is 5.91 Å². The molecule has 0 saturated carbocycles. The summed E-state index contributed by atoms with van der Waals surface area (Å²) < 4.78 is 0. The van der Waals surface area contributed by atoms with E-state index in [0.717, 1.165) is 49.4 Å². The third-order valence-electron chi connectivity index (χ3n) is 5.79. The van der Waals surface area contributed by atoms with E-state index >= 15 is 0 Å². The maximum absolute atomic E-state index is 12.5. The molecule has 1 aliphatic rings. The molecule has 0 radical (unpaired) electrons. The van der Waals surface area contributed by atoms with Gasteiger partial charge in [-0.3, -0.25) is 9.59 Å². The van der Waals surface area contributed by atoms with E-state index in [1.807, 2.05) is 31.2 Å². The van der Waals surface area contributed by atoms with Crippen LogP contribution in [0.25, 0.3) is 0 Å². The minimum Gasteiger partial charge on any atom is -0.360 e. The Kier molecular flexibility index (Phi) is 7.04. The molecular weight excluding hydrogens is 362 g/mol. The van der Waals surface area contributed by atoms with Gasteiger partial charge in [-0.25, -0.2) is 0 Å². The lowest BCUT2D eigenvalue weighted by Crippen LogP contribution is -3.15. The van der Waals surface area contributed by atoms with E-state index < -0.39 is 0 Å². The zero-order valence-corrected chi connectivity index (χ0v) is 17.7. The number of quaternary nitrogens is 1. The summed E-state index contributed by atoms with van der Waals surface area (Å²) in [6.07, 6.45) is 1.03. The highest BCUT2D eigenvalue weighted by atomic mass is 16.2. The Morgan fingerprint density at radius 3 is 2.21 bits per heavy atom. The third kappa shape index (κ3) is 5.67. The first-order valence-electron chi connectivity index (χ1n) is 10.5. The minimum atomic E-state index is 0.0221. The highest BCUT2D eigenvalue weighted by Gasteiger charge is 2.23. The zero-order chi connectivity index (χ0) is 20.8. The molecule has 5 heteroatoms. The number of rotatable bonds is 7. The van der Waals surface area contributed by atoms with Gasteiger partial charge in [0.1, 0.15) is 0 Å². The van der Waals surface area contributed by atoms with Crippen LogP contribution in [0.5, 0.6) is 0 Å². The van der Waals surface area contributed by atoms with Crippen LogP contribution in [0.2, 0.25) is 0 Å². The molecule has 3 rings (SSSR count). The van der Waals surface area contributed by atoms with Crippen molar-refractivity contribution in [3.05, 3.63) is 65.2 Å². The van der Waals surface area contributed by atoms with Crippen LogP contribution in [0, 0.1) is 0 Å². The number of amides is 1. The van der Waals surface area contributed by atoms with E-state index in [1.54, 1.807) is 6.92 Å². The summed E-state index contributed by atoms with van der Waals surface area (Å²) in [5.74, 6) is 0.193. The largest absolute Gasteiger partial charge is 0.360 e. The number of carbonyl (C=O) groups excluding carboxylic acids is 2. The standard InChI is InChI=1S/C24H31N3O2/c1-4-20-5-7-21(8-6-20)18(2)25-24(29)17-26-13-15-27(16-14-26)23-11-9-22(10-12-23)19(3)28/h5-12,18H,4,13-17H2,1-3H3,(H,25,29)/p+1/t18-/m0/s1. The zero-order valence-electron chi connectivity index (χ0n) is 17.7. The Morgan fingerprint density at radius 1 is 1.03 bits per heavy atom. The molecule has 5 nitrogen and oxygen atoms in total. The molecule has 1 atom stereocenters. The average molecular weight is 395 g/mol. The van der Waals surface area contributed by atoms with Crippen LogP contribution >= 0.6 is 0 Å². The van der Waals surface area contributed by atoms with E-state index in [2.05, 4.69) is 41.4 Å². The van der Waals surface area contributed by atoms with E-state index in [1.165, 1.54) is 10.5 Å². The van der Waals surface area contributed by atoms with E-state index in [0.29, 0.717) is 6.54 Å². The number of nitrogens with one attached hydrogen (secondary N) is 2. The maximum atomic E-state index is 12.5. The van der Waals surface area contributed by atoms with E-state index in [4.69, 9.17) is 0 Å². The van der Waals surface area contributed by atoms with E-state index in [9.17, 15) is 9.59 Å². The van der Waals surface area contributed by atoms with Crippen LogP contribution in [0.1, 0.15) is 48.3 Å². The van der Waals surface area contributed by atoms with Crippen molar-refractivity contribution in [2.24, 2.45) is 0 Å². The van der Waals surface area contributed by atoms with Gasteiger partial charge in [0, 0.05) is 11.3 Å². The van der Waals surface area contributed by atoms with Crippen LogP contribution in [0.15, 0.2) is 48.5 Å². The number of carbonyl (C=O) groups is 2. The fourth-order valence-corrected chi connectivity index (χ4v) is 3.81. The lowest BCUT2D eigenvalue weighted by molar-refractivity contribution is -0.892. The van der Waals surface area contributed by atoms with Gasteiger partial charge in [-0.05, 0) is 55.7 Å². The van der Waals surface area contributed by atoms with Crippen molar-refractivity contribution in [3.63, 3.8) is 0 Å². The SMILES string of the molecule is CCc1ccc([C@H](C)NC(=O)C[NH+]2CCN(c3ccc(C(C)=O)cc3)CC2)cc1. The molecule has 1 aliphatic heterocycles. The highest BCUT2D eigenvalue weighted by Crippen LogP contribution is 2.16. The van der Waals surface area contributed by atoms with Crippen molar-refractivity contribution < 1.29 is 14.5 Å². The Labute approximate surface area is 173 Å². The molecule has 2 N–H and O–H groups in total. The molecule has 2 aromatic carbocycles. The third-order valence-corrected chi connectivity index (χ3v) is 5.79. The molecule has 0 unspecified atom stereocenters. The van der Waals surface area contributed by atoms with Crippen molar-refractivity contribution in [1.82, 2.24) is 5.32 Å². The summed E-state index contributed by atoms with van der Waals surface area (Å²) in [6.45, 7) is 9.97. The second kappa shape index (κ2) is 9.70. The van der Waals surface area contributed by atoms with Gasteiger partial charge in [-0.1, -0.05) is 31.2 Å². The smallest absolute Gasteiger partial charge is 0.275 e. The Hall–Kier alpha value is -2.66. The summed E-state index contributed by atoms with van der Waals surface area (Å²) in [7, 11) is 0. The lowest BCUT2D eigenvalue weighted by atomic mass is 10.0. The molecule has 0 aromatic heterocycles. The number of piperazine rings is 1. The molecule has 0 bridgehead atoms. The van der Waals surface area contributed by atoms with Gasteiger partial charge < -0.3 is 15.1 Å². The first-order valence-corrected chi connectivity index (χ1v) is 10.5. The van der Waals surface area contributed by atoms with Crippen molar-refractivity contribution in [1.29, 1.82) is 0 Å². The molecular formula is C24H32N3O2+. The van der Waals surface area contributed by atoms with Gasteiger partial charge in [0.15, 0.2) is 12.3 Å². The topological polar surface area (TPSA) is 53.9 Å². The van der Waals surface area contributed by atoms with Crippen LogP contribution in [0.4, 0.5) is 5.69 Å². The molecule has 1 saturated heterocycles. The molecule has 29 heavy (non-hydrogen) atoms. The van der Waals surface area contributed by atoms with Gasteiger partial charge >= 0.3 is 0 Å². The monoisotopic (exact) mass is 394 g/mol. The molecule has 0 aliphatic carbocycles. The quantitative estimate of drug-likeness (QED) is 0.707. The number of Topliss-reactive ketones (excluding diaryl/α,β-unsaturated/α-hetero) is 1. The number of ketones is 1. The Bertz CT molecular complexity index is 822. The van der Waals surface area contributed by atoms with Gasteiger partial charge in [0.05, 0.1) is 32.2 Å². The van der Waals surface area contributed by atoms with Crippen LogP contribution in [-0.2, 0) is 11.2 Å².